The summed E-state index contributed by atoms with van der Waals surface area (Å²) in [5.41, 5.74) is 4.18. The Hall–Kier alpha value is -3.61. The quantitative estimate of drug-likeness (QED) is 0.564. The summed E-state index contributed by atoms with van der Waals surface area (Å²) in [6, 6.07) is 12.4. The highest BCUT2D eigenvalue weighted by Crippen LogP contribution is 2.23. The van der Waals surface area contributed by atoms with Gasteiger partial charge in [0, 0.05) is 17.3 Å². The third-order valence-electron chi connectivity index (χ3n) is 4.21. The van der Waals surface area contributed by atoms with Crippen LogP contribution in [0.3, 0.4) is 0 Å². The molecule has 0 bridgehead atoms. The number of nitrogens with zero attached hydrogens (tertiary/aromatic N) is 2. The van der Waals surface area contributed by atoms with Crippen LogP contribution in [0.5, 0.6) is 0 Å². The van der Waals surface area contributed by atoms with Gasteiger partial charge >= 0.3 is 0 Å². The molecule has 0 aliphatic heterocycles. The topological polar surface area (TPSA) is 70.7 Å². The molecule has 0 radical (unpaired) electrons. The summed E-state index contributed by atoms with van der Waals surface area (Å²) in [6.07, 6.45) is 1.61. The number of carbonyl (C=O) groups is 1. The lowest BCUT2D eigenvalue weighted by Gasteiger charge is -2.09. The molecule has 2 aromatic carbocycles. The van der Waals surface area contributed by atoms with Crippen LogP contribution in [0.25, 0.3) is 22.3 Å². The molecule has 2 heterocycles. The first-order chi connectivity index (χ1) is 13.0. The first-order valence-electron chi connectivity index (χ1n) is 8.19. The van der Waals surface area contributed by atoms with Gasteiger partial charge in [0.25, 0.3) is 5.91 Å². The van der Waals surface area contributed by atoms with Gasteiger partial charge in [-0.15, -0.1) is 0 Å². The summed E-state index contributed by atoms with van der Waals surface area (Å²) in [7, 11) is 0. The van der Waals surface area contributed by atoms with Crippen LogP contribution in [0.15, 0.2) is 54.9 Å². The fraction of sp³-hybridized carbons (Fsp3) is 0.0500. The lowest BCUT2D eigenvalue weighted by atomic mass is 10.1. The molecule has 0 spiro atoms. The average Bonchev–Trinajstić information content (AvgIpc) is 3.13. The number of nitrogens with one attached hydrogen (secondary N) is 2. The average molecular weight is 364 g/mol. The van der Waals surface area contributed by atoms with Crippen LogP contribution in [-0.4, -0.2) is 20.9 Å². The molecule has 2 N–H and O–H groups in total. The van der Waals surface area contributed by atoms with Crippen molar-refractivity contribution in [3.8, 4) is 11.3 Å². The van der Waals surface area contributed by atoms with Crippen molar-refractivity contribution in [1.29, 1.82) is 0 Å². The Bertz CT molecular complexity index is 1170. The molecule has 0 aliphatic rings. The van der Waals surface area contributed by atoms with Gasteiger partial charge in [-0.05, 0) is 42.8 Å². The molecular weight excluding hydrogens is 350 g/mol. The van der Waals surface area contributed by atoms with E-state index in [0.29, 0.717) is 11.3 Å². The van der Waals surface area contributed by atoms with Crippen molar-refractivity contribution < 1.29 is 13.6 Å². The Morgan fingerprint density at radius 1 is 1.04 bits per heavy atom. The largest absolute Gasteiger partial charge is 0.345 e. The normalized spacial score (nSPS) is 10.9. The van der Waals surface area contributed by atoms with E-state index in [2.05, 4.69) is 20.3 Å². The van der Waals surface area contributed by atoms with Gasteiger partial charge in [-0.25, -0.2) is 18.7 Å². The lowest BCUT2D eigenvalue weighted by molar-refractivity contribution is 0.102. The minimum absolute atomic E-state index is 0.157. The maximum atomic E-state index is 13.3. The zero-order valence-electron chi connectivity index (χ0n) is 14.3. The maximum absolute atomic E-state index is 13.3. The number of fused-ring (bicyclic) bond motifs is 1. The minimum atomic E-state index is -1.03. The van der Waals surface area contributed by atoms with Gasteiger partial charge in [0.05, 0.1) is 23.1 Å². The number of hydrogen-bond acceptors (Lipinski definition) is 3. The van der Waals surface area contributed by atoms with E-state index in [0.717, 1.165) is 28.7 Å². The van der Waals surface area contributed by atoms with Gasteiger partial charge in [-0.1, -0.05) is 12.1 Å². The van der Waals surface area contributed by atoms with Crippen molar-refractivity contribution in [2.75, 3.05) is 5.32 Å². The van der Waals surface area contributed by atoms with Gasteiger partial charge < -0.3 is 10.3 Å². The Morgan fingerprint density at radius 2 is 1.89 bits per heavy atom. The van der Waals surface area contributed by atoms with Crippen LogP contribution >= 0.6 is 0 Å². The Morgan fingerprint density at radius 3 is 2.70 bits per heavy atom. The lowest BCUT2D eigenvalue weighted by Crippen LogP contribution is -2.16. The van der Waals surface area contributed by atoms with Crippen molar-refractivity contribution in [2.24, 2.45) is 0 Å². The van der Waals surface area contributed by atoms with Crippen LogP contribution in [-0.2, 0) is 0 Å². The van der Waals surface area contributed by atoms with E-state index in [-0.39, 0.29) is 11.4 Å². The van der Waals surface area contributed by atoms with Crippen LogP contribution in [0, 0.1) is 18.6 Å². The van der Waals surface area contributed by atoms with Gasteiger partial charge in [0.1, 0.15) is 5.69 Å². The molecule has 4 aromatic rings. The Balaban J connectivity index is 1.66. The fourth-order valence-corrected chi connectivity index (χ4v) is 2.78. The van der Waals surface area contributed by atoms with Gasteiger partial charge in [0.2, 0.25) is 0 Å². The van der Waals surface area contributed by atoms with Crippen molar-refractivity contribution in [1.82, 2.24) is 15.0 Å². The molecule has 0 aliphatic carbocycles. The van der Waals surface area contributed by atoms with E-state index in [1.54, 1.807) is 19.3 Å². The third-order valence-corrected chi connectivity index (χ3v) is 4.21. The predicted octanol–water partition coefficient (Wildman–Crippen LogP) is 4.46. The molecule has 1 amide bonds. The smallest absolute Gasteiger partial charge is 0.274 e. The number of halogens is 2. The maximum Gasteiger partial charge on any atom is 0.274 e. The number of imidazole rings is 1. The number of aromatic nitrogens is 3. The number of anilines is 1. The van der Waals surface area contributed by atoms with E-state index in [9.17, 15) is 13.6 Å². The second kappa shape index (κ2) is 6.60. The van der Waals surface area contributed by atoms with Crippen LogP contribution in [0.4, 0.5) is 14.5 Å². The van der Waals surface area contributed by atoms with E-state index in [1.807, 2.05) is 24.3 Å². The monoisotopic (exact) mass is 364 g/mol. The Labute approximate surface area is 153 Å². The highest BCUT2D eigenvalue weighted by Gasteiger charge is 2.14. The number of H-pyrrole nitrogens is 1. The molecule has 0 atom stereocenters. The number of pyridine rings is 1. The second-order valence-electron chi connectivity index (χ2n) is 6.08. The number of amides is 1. The molecule has 27 heavy (non-hydrogen) atoms. The van der Waals surface area contributed by atoms with E-state index < -0.39 is 17.5 Å². The van der Waals surface area contributed by atoms with Gasteiger partial charge in [-0.2, -0.15) is 0 Å². The SMILES string of the molecule is Cc1ccc(-c2ccc3nc[nH]c3c2)nc1C(=O)Nc1ccc(F)c(F)c1. The molecule has 7 heteroatoms. The standard InChI is InChI=1S/C20H14F2N4O/c1-11-2-6-16(12-3-7-17-18(8-12)24-10-23-17)26-19(11)20(27)25-13-4-5-14(21)15(22)9-13/h2-10H,1H3,(H,23,24)(H,25,27). The van der Waals surface area contributed by atoms with Crippen LogP contribution in [0.2, 0.25) is 0 Å². The zero-order chi connectivity index (χ0) is 19.0. The zero-order valence-corrected chi connectivity index (χ0v) is 14.3. The minimum Gasteiger partial charge on any atom is -0.345 e. The van der Waals surface area contributed by atoms with E-state index in [4.69, 9.17) is 0 Å². The van der Waals surface area contributed by atoms with Crippen molar-refractivity contribution >= 4 is 22.6 Å². The second-order valence-corrected chi connectivity index (χ2v) is 6.08. The van der Waals surface area contributed by atoms with E-state index in [1.165, 1.54) is 6.07 Å². The number of rotatable bonds is 3. The first-order valence-corrected chi connectivity index (χ1v) is 8.19. The highest BCUT2D eigenvalue weighted by molar-refractivity contribution is 6.04. The number of aryl methyl sites for hydroxylation is 1. The third kappa shape index (κ3) is 3.27. The summed E-state index contributed by atoms with van der Waals surface area (Å²) in [4.78, 5) is 24.2. The molecule has 5 nitrogen and oxygen atoms in total. The molecule has 4 rings (SSSR count). The van der Waals surface area contributed by atoms with Crippen molar-refractivity contribution in [3.63, 3.8) is 0 Å². The molecular formula is C20H14F2N4O. The van der Waals surface area contributed by atoms with Crippen LogP contribution in [0.1, 0.15) is 16.1 Å². The molecule has 0 unspecified atom stereocenters. The van der Waals surface area contributed by atoms with Crippen molar-refractivity contribution in [2.45, 2.75) is 6.92 Å². The summed E-state index contributed by atoms with van der Waals surface area (Å²) in [5, 5.41) is 2.55. The predicted molar refractivity (Wildman–Crippen MR) is 98.4 cm³/mol. The van der Waals surface area contributed by atoms with Gasteiger partial charge in [0.15, 0.2) is 11.6 Å². The fourth-order valence-electron chi connectivity index (χ4n) is 2.78. The Kier molecular flexibility index (Phi) is 4.12. The molecule has 0 fully saturated rings. The number of carbonyl (C=O) groups excluding carboxylic acids is 1. The summed E-state index contributed by atoms with van der Waals surface area (Å²) in [5.74, 6) is -2.50. The number of benzene rings is 2. The summed E-state index contributed by atoms with van der Waals surface area (Å²) in [6.45, 7) is 1.76. The molecule has 0 saturated carbocycles. The summed E-state index contributed by atoms with van der Waals surface area (Å²) >= 11 is 0. The summed E-state index contributed by atoms with van der Waals surface area (Å²) < 4.78 is 26.4. The van der Waals surface area contributed by atoms with Crippen LogP contribution < -0.4 is 5.32 Å². The first kappa shape index (κ1) is 16.8. The van der Waals surface area contributed by atoms with E-state index >= 15 is 0 Å². The number of hydrogen-bond donors (Lipinski definition) is 2. The van der Waals surface area contributed by atoms with Crippen molar-refractivity contribution in [3.05, 3.63) is 77.8 Å². The molecule has 0 saturated heterocycles. The molecule has 134 valence electrons. The molecule has 2 aromatic heterocycles. The van der Waals surface area contributed by atoms with Gasteiger partial charge in [-0.3, -0.25) is 4.79 Å². The number of aromatic amines is 1. The highest BCUT2D eigenvalue weighted by atomic mass is 19.2.